The zero-order valence-electron chi connectivity index (χ0n) is 17.4. The minimum absolute atomic E-state index is 0.0856. The number of anilines is 1. The number of benzene rings is 1. The van der Waals surface area contributed by atoms with Gasteiger partial charge in [-0.2, -0.15) is 4.98 Å². The van der Waals surface area contributed by atoms with Crippen molar-refractivity contribution < 1.29 is 27.1 Å². The van der Waals surface area contributed by atoms with E-state index >= 15 is 0 Å². The number of hydrogen-bond acceptors (Lipinski definition) is 6. The topological polar surface area (TPSA) is 98.6 Å². The normalized spacial score (nSPS) is 13.9. The number of hydrogen-bond donors (Lipinski definition) is 1. The lowest BCUT2D eigenvalue weighted by Gasteiger charge is -2.28. The molecule has 1 aromatic carbocycles. The lowest BCUT2D eigenvalue weighted by Crippen LogP contribution is -2.37. The molecule has 34 heavy (non-hydrogen) atoms. The van der Waals surface area contributed by atoms with Crippen LogP contribution in [0.2, 0.25) is 0 Å². The molecule has 174 valence electrons. The molecule has 0 spiro atoms. The SMILES string of the molecule is Nc1nc2cc(-c3cnc4c(c3)C(=O)N(Cc3cc(OC(F)(F)F)ccc3F)CC4)ccn2n1. The van der Waals surface area contributed by atoms with Crippen molar-refractivity contribution in [3.05, 3.63) is 71.4 Å². The fraction of sp³-hybridized carbons (Fsp3) is 0.182. The number of pyridine rings is 2. The number of rotatable bonds is 4. The Balaban J connectivity index is 1.42. The van der Waals surface area contributed by atoms with Crippen molar-refractivity contribution in [2.45, 2.75) is 19.3 Å². The third kappa shape index (κ3) is 4.21. The van der Waals surface area contributed by atoms with Crippen LogP contribution in [-0.2, 0) is 13.0 Å². The number of carbonyl (C=O) groups excluding carboxylic acids is 1. The summed E-state index contributed by atoms with van der Waals surface area (Å²) in [6.07, 6.45) is -1.16. The first-order valence-corrected chi connectivity index (χ1v) is 10.1. The maximum atomic E-state index is 14.3. The van der Waals surface area contributed by atoms with Gasteiger partial charge in [0.1, 0.15) is 11.6 Å². The first kappa shape index (κ1) is 21.6. The van der Waals surface area contributed by atoms with Gasteiger partial charge in [-0.1, -0.05) is 0 Å². The van der Waals surface area contributed by atoms with Crippen molar-refractivity contribution in [1.82, 2.24) is 24.5 Å². The van der Waals surface area contributed by atoms with Crippen LogP contribution in [0.4, 0.5) is 23.5 Å². The van der Waals surface area contributed by atoms with E-state index in [4.69, 9.17) is 5.73 Å². The molecule has 1 aliphatic rings. The Morgan fingerprint density at radius 1 is 1.12 bits per heavy atom. The maximum Gasteiger partial charge on any atom is 0.573 e. The number of nitrogen functional groups attached to an aromatic ring is 1. The second-order valence-corrected chi connectivity index (χ2v) is 7.68. The third-order valence-corrected chi connectivity index (χ3v) is 5.41. The zero-order chi connectivity index (χ0) is 24.0. The quantitative estimate of drug-likeness (QED) is 0.456. The van der Waals surface area contributed by atoms with Gasteiger partial charge in [-0.25, -0.2) is 8.91 Å². The summed E-state index contributed by atoms with van der Waals surface area (Å²) in [5, 5.41) is 4.02. The van der Waals surface area contributed by atoms with Gasteiger partial charge in [0, 0.05) is 43.0 Å². The molecule has 0 radical (unpaired) electrons. The average molecular weight is 472 g/mol. The van der Waals surface area contributed by atoms with Crippen molar-refractivity contribution in [2.24, 2.45) is 0 Å². The summed E-state index contributed by atoms with van der Waals surface area (Å²) in [6.45, 7) is 0.0291. The van der Waals surface area contributed by atoms with E-state index in [1.165, 1.54) is 9.42 Å². The Labute approximate surface area is 189 Å². The lowest BCUT2D eigenvalue weighted by atomic mass is 9.99. The molecule has 5 rings (SSSR count). The fourth-order valence-electron chi connectivity index (χ4n) is 3.85. The maximum absolute atomic E-state index is 14.3. The van der Waals surface area contributed by atoms with E-state index in [1.807, 2.05) is 0 Å². The van der Waals surface area contributed by atoms with Crippen LogP contribution < -0.4 is 10.5 Å². The van der Waals surface area contributed by atoms with Crippen LogP contribution in [-0.4, -0.2) is 43.3 Å². The van der Waals surface area contributed by atoms with Gasteiger partial charge in [0.05, 0.1) is 11.3 Å². The molecule has 0 bridgehead atoms. The molecule has 12 heteroatoms. The van der Waals surface area contributed by atoms with Crippen LogP contribution in [0.3, 0.4) is 0 Å². The van der Waals surface area contributed by atoms with Gasteiger partial charge in [-0.3, -0.25) is 9.78 Å². The number of alkyl halides is 3. The van der Waals surface area contributed by atoms with Gasteiger partial charge in [0.2, 0.25) is 5.95 Å². The number of nitrogens with zero attached hydrogens (tertiary/aromatic N) is 5. The highest BCUT2D eigenvalue weighted by Gasteiger charge is 2.32. The fourth-order valence-corrected chi connectivity index (χ4v) is 3.85. The van der Waals surface area contributed by atoms with Gasteiger partial charge in [0.25, 0.3) is 5.91 Å². The number of fused-ring (bicyclic) bond motifs is 2. The highest BCUT2D eigenvalue weighted by molar-refractivity contribution is 5.97. The van der Waals surface area contributed by atoms with Gasteiger partial charge >= 0.3 is 6.36 Å². The summed E-state index contributed by atoms with van der Waals surface area (Å²) < 4.78 is 57.2. The molecule has 1 amide bonds. The Bertz CT molecular complexity index is 1420. The molecule has 0 saturated carbocycles. The summed E-state index contributed by atoms with van der Waals surface area (Å²) >= 11 is 0. The van der Waals surface area contributed by atoms with Crippen LogP contribution in [0.1, 0.15) is 21.6 Å². The van der Waals surface area contributed by atoms with Crippen LogP contribution in [0, 0.1) is 5.82 Å². The predicted octanol–water partition coefficient (Wildman–Crippen LogP) is 3.61. The first-order valence-electron chi connectivity index (χ1n) is 10.1. The number of carbonyl (C=O) groups is 1. The summed E-state index contributed by atoms with van der Waals surface area (Å²) in [4.78, 5) is 23.0. The smallest absolute Gasteiger partial charge is 0.406 e. The summed E-state index contributed by atoms with van der Waals surface area (Å²) in [5.41, 5.74) is 8.39. The standard InChI is InChI=1S/C22H16F4N6O2/c23-17-2-1-15(34-22(24,25)26)7-14(17)11-31-5-4-18-16(20(31)33)8-13(10-28-18)12-3-6-32-19(9-12)29-21(27)30-32/h1-3,6-10H,4-5,11H2,(H2,27,30). The van der Waals surface area contributed by atoms with Gasteiger partial charge in [0.15, 0.2) is 5.65 Å². The van der Waals surface area contributed by atoms with E-state index in [0.29, 0.717) is 28.9 Å². The molecule has 1 aliphatic heterocycles. The van der Waals surface area contributed by atoms with E-state index in [-0.39, 0.29) is 24.6 Å². The molecule has 3 aromatic heterocycles. The molecular weight excluding hydrogens is 456 g/mol. The van der Waals surface area contributed by atoms with E-state index in [1.54, 1.807) is 30.6 Å². The number of halogens is 4. The van der Waals surface area contributed by atoms with E-state index in [0.717, 1.165) is 23.8 Å². The van der Waals surface area contributed by atoms with Crippen molar-refractivity contribution >= 4 is 17.5 Å². The van der Waals surface area contributed by atoms with Crippen molar-refractivity contribution in [3.63, 3.8) is 0 Å². The van der Waals surface area contributed by atoms with Crippen LogP contribution in [0.25, 0.3) is 16.8 Å². The van der Waals surface area contributed by atoms with Crippen LogP contribution in [0.5, 0.6) is 5.75 Å². The van der Waals surface area contributed by atoms with E-state index in [9.17, 15) is 22.4 Å². The summed E-state index contributed by atoms with van der Waals surface area (Å²) in [6, 6.07) is 7.92. The molecule has 2 N–H and O–H groups in total. The van der Waals surface area contributed by atoms with Crippen molar-refractivity contribution in [3.8, 4) is 16.9 Å². The van der Waals surface area contributed by atoms with Gasteiger partial charge < -0.3 is 15.4 Å². The Morgan fingerprint density at radius 2 is 1.94 bits per heavy atom. The Hall–Kier alpha value is -4.22. The second kappa shape index (κ2) is 7.97. The van der Waals surface area contributed by atoms with Gasteiger partial charge in [-0.15, -0.1) is 18.3 Å². The highest BCUT2D eigenvalue weighted by atomic mass is 19.4. The van der Waals surface area contributed by atoms with Crippen LogP contribution in [0.15, 0.2) is 48.8 Å². The molecule has 0 saturated heterocycles. The number of amides is 1. The number of nitrogens with two attached hydrogens (primary N) is 1. The van der Waals surface area contributed by atoms with E-state index in [2.05, 4.69) is 19.8 Å². The van der Waals surface area contributed by atoms with Crippen LogP contribution >= 0.6 is 0 Å². The third-order valence-electron chi connectivity index (χ3n) is 5.41. The minimum Gasteiger partial charge on any atom is -0.406 e. The average Bonchev–Trinajstić information content (AvgIpc) is 3.16. The Kier molecular flexibility index (Phi) is 5.07. The molecule has 4 heterocycles. The second-order valence-electron chi connectivity index (χ2n) is 7.68. The molecule has 8 nitrogen and oxygen atoms in total. The highest BCUT2D eigenvalue weighted by Crippen LogP contribution is 2.28. The minimum atomic E-state index is -4.90. The van der Waals surface area contributed by atoms with Crippen molar-refractivity contribution in [1.29, 1.82) is 0 Å². The summed E-state index contributed by atoms with van der Waals surface area (Å²) in [5.74, 6) is -1.56. The molecular formula is C22H16F4N6O2. The number of ether oxygens (including phenoxy) is 1. The Morgan fingerprint density at radius 3 is 2.74 bits per heavy atom. The van der Waals surface area contributed by atoms with Crippen molar-refractivity contribution in [2.75, 3.05) is 12.3 Å². The first-order chi connectivity index (χ1) is 16.2. The monoisotopic (exact) mass is 472 g/mol. The predicted molar refractivity (Wildman–Crippen MR) is 112 cm³/mol. The molecule has 0 unspecified atom stereocenters. The molecule has 0 fully saturated rings. The molecule has 0 aliphatic carbocycles. The molecule has 0 atom stereocenters. The number of aromatic nitrogens is 4. The zero-order valence-corrected chi connectivity index (χ0v) is 17.4. The van der Waals surface area contributed by atoms with Gasteiger partial charge in [-0.05, 0) is 42.0 Å². The largest absolute Gasteiger partial charge is 0.573 e. The molecule has 4 aromatic rings. The van der Waals surface area contributed by atoms with E-state index < -0.39 is 23.8 Å². The summed E-state index contributed by atoms with van der Waals surface area (Å²) in [7, 11) is 0. The lowest BCUT2D eigenvalue weighted by molar-refractivity contribution is -0.274.